The third-order valence-corrected chi connectivity index (χ3v) is 4.66. The summed E-state index contributed by atoms with van der Waals surface area (Å²) in [6.07, 6.45) is 5.63. The van der Waals surface area contributed by atoms with E-state index in [0.29, 0.717) is 5.92 Å². The van der Waals surface area contributed by atoms with Gasteiger partial charge in [0.05, 0.1) is 6.61 Å². The summed E-state index contributed by atoms with van der Waals surface area (Å²) in [4.78, 5) is 4.79. The minimum absolute atomic E-state index is 0. The summed E-state index contributed by atoms with van der Waals surface area (Å²) in [5.74, 6) is 3.63. The Hall–Kier alpha value is -0.630. The normalized spacial score (nSPS) is 16.6. The van der Waals surface area contributed by atoms with Crippen molar-refractivity contribution in [3.05, 3.63) is 29.8 Å². The van der Waals surface area contributed by atoms with Crippen LogP contribution in [0.1, 0.15) is 37.7 Å². The lowest BCUT2D eigenvalue weighted by molar-refractivity contribution is 0.269. The van der Waals surface area contributed by atoms with E-state index in [1.807, 2.05) is 17.8 Å². The number of hydrogen-bond donors (Lipinski definition) is 2. The maximum Gasteiger partial charge on any atom is 0.191 e. The number of nitrogens with zero attached hydrogens (tertiary/aromatic N) is 1. The van der Waals surface area contributed by atoms with E-state index in [0.717, 1.165) is 44.4 Å². The first-order valence-electron chi connectivity index (χ1n) is 8.58. The van der Waals surface area contributed by atoms with Crippen molar-refractivity contribution in [2.24, 2.45) is 4.99 Å². The van der Waals surface area contributed by atoms with Gasteiger partial charge in [0.15, 0.2) is 5.96 Å². The highest BCUT2D eigenvalue weighted by Gasteiger charge is 2.20. The number of guanidine groups is 1. The first-order chi connectivity index (χ1) is 11.3. The van der Waals surface area contributed by atoms with Crippen molar-refractivity contribution in [3.63, 3.8) is 0 Å². The largest absolute Gasteiger partial charge is 0.493 e. The summed E-state index contributed by atoms with van der Waals surface area (Å²) >= 11 is 1.91. The molecule has 4 nitrogen and oxygen atoms in total. The SMILES string of the molecule is CCNC(=NCC1CCOc2ccccc21)NCCCCSC.I. The Morgan fingerprint density at radius 1 is 1.29 bits per heavy atom. The highest BCUT2D eigenvalue weighted by Crippen LogP contribution is 2.33. The number of hydrogen-bond acceptors (Lipinski definition) is 3. The third kappa shape index (κ3) is 7.09. The van der Waals surface area contributed by atoms with Gasteiger partial charge in [-0.25, -0.2) is 0 Å². The summed E-state index contributed by atoms with van der Waals surface area (Å²) in [7, 11) is 0. The van der Waals surface area contributed by atoms with Crippen LogP contribution < -0.4 is 15.4 Å². The van der Waals surface area contributed by atoms with Crippen molar-refractivity contribution in [2.45, 2.75) is 32.1 Å². The van der Waals surface area contributed by atoms with E-state index >= 15 is 0 Å². The quantitative estimate of drug-likeness (QED) is 0.266. The van der Waals surface area contributed by atoms with Crippen LogP contribution in [-0.2, 0) is 0 Å². The van der Waals surface area contributed by atoms with Gasteiger partial charge in [0.2, 0.25) is 0 Å². The van der Waals surface area contributed by atoms with E-state index < -0.39 is 0 Å². The average Bonchev–Trinajstić information content (AvgIpc) is 2.59. The number of nitrogens with one attached hydrogen (secondary N) is 2. The fraction of sp³-hybridized carbons (Fsp3) is 0.611. The van der Waals surface area contributed by atoms with Crippen molar-refractivity contribution in [2.75, 3.05) is 38.2 Å². The average molecular weight is 463 g/mol. The Morgan fingerprint density at radius 2 is 2.12 bits per heavy atom. The van der Waals surface area contributed by atoms with Crippen LogP contribution in [0.4, 0.5) is 0 Å². The van der Waals surface area contributed by atoms with E-state index in [-0.39, 0.29) is 24.0 Å². The van der Waals surface area contributed by atoms with Crippen LogP contribution in [-0.4, -0.2) is 44.2 Å². The number of unbranched alkanes of at least 4 members (excludes halogenated alkanes) is 1. The molecule has 6 heteroatoms. The molecule has 0 bridgehead atoms. The number of ether oxygens (including phenoxy) is 1. The summed E-state index contributed by atoms with van der Waals surface area (Å²) < 4.78 is 5.73. The van der Waals surface area contributed by atoms with Crippen molar-refractivity contribution >= 4 is 41.7 Å². The molecule has 1 aromatic carbocycles. The van der Waals surface area contributed by atoms with E-state index in [1.165, 1.54) is 24.2 Å². The number of fused-ring (bicyclic) bond motifs is 1. The molecule has 24 heavy (non-hydrogen) atoms. The number of aliphatic imine (C=N–C) groups is 1. The van der Waals surface area contributed by atoms with Crippen molar-refractivity contribution in [1.82, 2.24) is 10.6 Å². The lowest BCUT2D eigenvalue weighted by Crippen LogP contribution is -2.38. The lowest BCUT2D eigenvalue weighted by Gasteiger charge is -2.25. The van der Waals surface area contributed by atoms with Crippen molar-refractivity contribution in [3.8, 4) is 5.75 Å². The summed E-state index contributed by atoms with van der Waals surface area (Å²) in [5.41, 5.74) is 1.29. The van der Waals surface area contributed by atoms with Crippen LogP contribution >= 0.6 is 35.7 Å². The summed E-state index contributed by atoms with van der Waals surface area (Å²) in [6, 6.07) is 8.34. The molecule has 136 valence electrons. The zero-order valence-corrected chi connectivity index (χ0v) is 17.9. The topological polar surface area (TPSA) is 45.7 Å². The Kier molecular flexibility index (Phi) is 11.3. The van der Waals surface area contributed by atoms with Crippen LogP contribution in [0.3, 0.4) is 0 Å². The van der Waals surface area contributed by atoms with Gasteiger partial charge in [-0.05, 0) is 49.8 Å². The maximum absolute atomic E-state index is 5.73. The molecule has 0 aliphatic carbocycles. The molecule has 0 aromatic heterocycles. The Bertz CT molecular complexity index is 499. The monoisotopic (exact) mass is 463 g/mol. The zero-order valence-electron chi connectivity index (χ0n) is 14.7. The number of halogens is 1. The molecule has 1 aliphatic heterocycles. The van der Waals surface area contributed by atoms with Gasteiger partial charge in [-0.3, -0.25) is 4.99 Å². The molecular weight excluding hydrogens is 433 g/mol. The Balaban J connectivity index is 0.00000288. The van der Waals surface area contributed by atoms with Gasteiger partial charge in [-0.2, -0.15) is 11.8 Å². The fourth-order valence-electron chi connectivity index (χ4n) is 2.73. The molecule has 1 unspecified atom stereocenters. The van der Waals surface area contributed by atoms with E-state index in [2.05, 4.69) is 42.0 Å². The first-order valence-corrected chi connectivity index (χ1v) is 9.97. The van der Waals surface area contributed by atoms with Crippen LogP contribution in [0, 0.1) is 0 Å². The van der Waals surface area contributed by atoms with E-state index in [1.54, 1.807) is 0 Å². The van der Waals surface area contributed by atoms with Crippen molar-refractivity contribution in [1.29, 1.82) is 0 Å². The second-order valence-electron chi connectivity index (χ2n) is 5.72. The molecule has 1 atom stereocenters. The molecule has 2 rings (SSSR count). The van der Waals surface area contributed by atoms with Crippen LogP contribution in [0.25, 0.3) is 0 Å². The molecule has 0 fully saturated rings. The molecule has 0 saturated carbocycles. The van der Waals surface area contributed by atoms with Gasteiger partial charge in [-0.1, -0.05) is 18.2 Å². The van der Waals surface area contributed by atoms with Gasteiger partial charge < -0.3 is 15.4 Å². The Labute approximate surface area is 167 Å². The zero-order chi connectivity index (χ0) is 16.3. The van der Waals surface area contributed by atoms with Crippen molar-refractivity contribution < 1.29 is 4.74 Å². The smallest absolute Gasteiger partial charge is 0.191 e. The predicted octanol–water partition coefficient (Wildman–Crippen LogP) is 3.87. The molecule has 1 aromatic rings. The second-order valence-corrected chi connectivity index (χ2v) is 6.70. The molecule has 2 N–H and O–H groups in total. The highest BCUT2D eigenvalue weighted by atomic mass is 127. The van der Waals surface area contributed by atoms with Gasteiger partial charge >= 0.3 is 0 Å². The molecule has 1 aliphatic rings. The van der Waals surface area contributed by atoms with E-state index in [4.69, 9.17) is 9.73 Å². The molecule has 1 heterocycles. The molecule has 0 amide bonds. The molecule has 0 radical (unpaired) electrons. The number of thioether (sulfide) groups is 1. The maximum atomic E-state index is 5.73. The standard InChI is InChI=1S/C18H29N3OS.HI/c1-3-19-18(20-11-6-7-13-23-2)21-14-15-10-12-22-17-9-5-4-8-16(15)17;/h4-5,8-9,15H,3,6-7,10-14H2,1-2H3,(H2,19,20,21);1H. The predicted molar refractivity (Wildman–Crippen MR) is 116 cm³/mol. The summed E-state index contributed by atoms with van der Waals surface area (Å²) in [5, 5.41) is 6.78. The lowest BCUT2D eigenvalue weighted by atomic mass is 9.93. The Morgan fingerprint density at radius 3 is 2.92 bits per heavy atom. The molecule has 0 saturated heterocycles. The van der Waals surface area contributed by atoms with Gasteiger partial charge in [-0.15, -0.1) is 24.0 Å². The van der Waals surface area contributed by atoms with Gasteiger partial charge in [0, 0.05) is 25.6 Å². The molecular formula is C18H30IN3OS. The number of benzene rings is 1. The molecule has 0 spiro atoms. The first kappa shape index (κ1) is 21.4. The number of para-hydroxylation sites is 1. The minimum atomic E-state index is 0. The number of rotatable bonds is 8. The summed E-state index contributed by atoms with van der Waals surface area (Å²) in [6.45, 7) is 5.57. The fourth-order valence-corrected chi connectivity index (χ4v) is 3.22. The second kappa shape index (κ2) is 12.7. The van der Waals surface area contributed by atoms with Gasteiger partial charge in [0.25, 0.3) is 0 Å². The third-order valence-electron chi connectivity index (χ3n) is 3.96. The highest BCUT2D eigenvalue weighted by molar-refractivity contribution is 14.0. The van der Waals surface area contributed by atoms with Crippen LogP contribution in [0.15, 0.2) is 29.3 Å². The van der Waals surface area contributed by atoms with Crippen LogP contribution in [0.5, 0.6) is 5.75 Å². The van der Waals surface area contributed by atoms with Gasteiger partial charge in [0.1, 0.15) is 5.75 Å². The minimum Gasteiger partial charge on any atom is -0.493 e. The van der Waals surface area contributed by atoms with E-state index in [9.17, 15) is 0 Å². The van der Waals surface area contributed by atoms with Crippen LogP contribution in [0.2, 0.25) is 0 Å².